The van der Waals surface area contributed by atoms with E-state index in [2.05, 4.69) is 4.90 Å². The number of benzene rings is 1. The summed E-state index contributed by atoms with van der Waals surface area (Å²) in [5.74, 6) is -1.27. The Morgan fingerprint density at radius 1 is 1.07 bits per heavy atom. The number of rotatable bonds is 6. The lowest BCUT2D eigenvalue weighted by Crippen LogP contribution is -2.38. The highest BCUT2D eigenvalue weighted by molar-refractivity contribution is 7.10. The number of amides is 1. The Kier molecular flexibility index (Phi) is 6.08. The molecule has 1 amide bonds. The van der Waals surface area contributed by atoms with E-state index in [-0.39, 0.29) is 11.3 Å². The summed E-state index contributed by atoms with van der Waals surface area (Å²) >= 11 is 1.49. The van der Waals surface area contributed by atoms with E-state index in [1.54, 1.807) is 29.2 Å². The van der Waals surface area contributed by atoms with E-state index in [1.165, 1.54) is 11.3 Å². The Labute approximate surface area is 174 Å². The normalized spacial score (nSPS) is 22.3. The van der Waals surface area contributed by atoms with E-state index in [9.17, 15) is 14.7 Å². The first kappa shape index (κ1) is 19.8. The number of hydrogen-bond donors (Lipinski definition) is 1. The van der Waals surface area contributed by atoms with Gasteiger partial charge in [-0.1, -0.05) is 36.4 Å². The van der Waals surface area contributed by atoms with Gasteiger partial charge < -0.3 is 14.7 Å². The topological polar surface area (TPSA) is 70.1 Å². The number of nitrogens with zero attached hydrogens (tertiary/aromatic N) is 2. The van der Waals surface area contributed by atoms with Crippen molar-refractivity contribution >= 4 is 28.8 Å². The third-order valence-electron chi connectivity index (χ3n) is 5.38. The average molecular weight is 413 g/mol. The molecule has 2 fully saturated rings. The Morgan fingerprint density at radius 2 is 1.83 bits per heavy atom. The molecule has 0 spiro atoms. The summed E-state index contributed by atoms with van der Waals surface area (Å²) in [5, 5.41) is 12.8. The Bertz CT molecular complexity index is 889. The average Bonchev–Trinajstić information content (AvgIpc) is 3.37. The largest absolute Gasteiger partial charge is 0.507 e. The highest BCUT2D eigenvalue weighted by Crippen LogP contribution is 2.41. The van der Waals surface area contributed by atoms with Gasteiger partial charge in [-0.2, -0.15) is 0 Å². The van der Waals surface area contributed by atoms with Crippen LogP contribution < -0.4 is 0 Å². The van der Waals surface area contributed by atoms with Crippen LogP contribution >= 0.6 is 11.3 Å². The van der Waals surface area contributed by atoms with E-state index in [0.29, 0.717) is 12.1 Å². The molecule has 1 aromatic carbocycles. The number of likely N-dealkylation sites (tertiary alicyclic amines) is 1. The number of morpholine rings is 1. The standard InChI is InChI=1S/C22H24N2O4S/c25-20(16-6-2-1-3-7-16)18-19(17-8-4-15-29-17)24(22(27)21(18)26)10-5-9-23-11-13-28-14-12-23/h1-4,6-8,15,19,25H,5,9-14H2/b20-18+/t19-/m0/s1. The number of aliphatic hydroxyl groups is 1. The first-order valence-corrected chi connectivity index (χ1v) is 10.7. The minimum Gasteiger partial charge on any atom is -0.507 e. The molecule has 0 saturated carbocycles. The van der Waals surface area contributed by atoms with Gasteiger partial charge in [0, 0.05) is 36.6 Å². The zero-order valence-electron chi connectivity index (χ0n) is 16.1. The van der Waals surface area contributed by atoms with Crippen molar-refractivity contribution in [2.75, 3.05) is 39.4 Å². The molecule has 7 heteroatoms. The summed E-state index contributed by atoms with van der Waals surface area (Å²) in [6, 6.07) is 12.2. The molecule has 0 aliphatic carbocycles. The molecule has 2 saturated heterocycles. The molecule has 1 atom stereocenters. The third kappa shape index (κ3) is 4.12. The van der Waals surface area contributed by atoms with Gasteiger partial charge in [-0.05, 0) is 17.9 Å². The van der Waals surface area contributed by atoms with Crippen LogP contribution in [0.4, 0.5) is 0 Å². The van der Waals surface area contributed by atoms with Gasteiger partial charge in [0.1, 0.15) is 5.76 Å². The maximum Gasteiger partial charge on any atom is 0.295 e. The minimum atomic E-state index is -0.615. The molecule has 2 aliphatic rings. The second kappa shape index (κ2) is 8.90. The van der Waals surface area contributed by atoms with Gasteiger partial charge >= 0.3 is 0 Å². The van der Waals surface area contributed by atoms with Gasteiger partial charge in [0.2, 0.25) is 0 Å². The van der Waals surface area contributed by atoms with E-state index >= 15 is 0 Å². The molecule has 0 unspecified atom stereocenters. The summed E-state index contributed by atoms with van der Waals surface area (Å²) in [5.41, 5.74) is 0.718. The second-order valence-corrected chi connectivity index (χ2v) is 8.16. The Balaban J connectivity index is 1.60. The van der Waals surface area contributed by atoms with Gasteiger partial charge in [0.25, 0.3) is 11.7 Å². The summed E-state index contributed by atoms with van der Waals surface area (Å²) in [6.07, 6.45) is 0.764. The molecule has 4 rings (SSSR count). The lowest BCUT2D eigenvalue weighted by Gasteiger charge is -2.28. The number of carbonyl (C=O) groups is 2. The van der Waals surface area contributed by atoms with Crippen molar-refractivity contribution in [3.05, 3.63) is 63.9 Å². The highest BCUT2D eigenvalue weighted by atomic mass is 32.1. The zero-order valence-corrected chi connectivity index (χ0v) is 16.9. The van der Waals surface area contributed by atoms with Crippen LogP contribution in [0.1, 0.15) is 22.9 Å². The van der Waals surface area contributed by atoms with Crippen LogP contribution in [0.2, 0.25) is 0 Å². The van der Waals surface area contributed by atoms with Crippen LogP contribution in [0.25, 0.3) is 5.76 Å². The number of aliphatic hydroxyl groups excluding tert-OH is 1. The number of ether oxygens (including phenoxy) is 1. The summed E-state index contributed by atoms with van der Waals surface area (Å²) < 4.78 is 5.38. The van der Waals surface area contributed by atoms with Crippen LogP contribution in [0.5, 0.6) is 0 Å². The van der Waals surface area contributed by atoms with Crippen molar-refractivity contribution in [1.29, 1.82) is 0 Å². The first-order valence-electron chi connectivity index (χ1n) is 9.84. The van der Waals surface area contributed by atoms with Crippen molar-refractivity contribution in [2.24, 2.45) is 0 Å². The predicted octanol–water partition coefficient (Wildman–Crippen LogP) is 2.89. The molecule has 6 nitrogen and oxygen atoms in total. The van der Waals surface area contributed by atoms with Gasteiger partial charge in [-0.15, -0.1) is 11.3 Å². The summed E-state index contributed by atoms with van der Waals surface area (Å²) in [6.45, 7) is 4.56. The molecule has 2 aromatic rings. The van der Waals surface area contributed by atoms with Crippen LogP contribution in [0, 0.1) is 0 Å². The minimum absolute atomic E-state index is 0.113. The molecular weight excluding hydrogens is 388 g/mol. The first-order chi connectivity index (χ1) is 14.2. The van der Waals surface area contributed by atoms with Crippen molar-refractivity contribution in [2.45, 2.75) is 12.5 Å². The zero-order chi connectivity index (χ0) is 20.2. The van der Waals surface area contributed by atoms with Gasteiger partial charge in [0.15, 0.2) is 0 Å². The SMILES string of the molecule is O=C1C(=O)N(CCCN2CCOCC2)[C@@H](c2cccs2)/C1=C(\O)c1ccccc1. The molecule has 1 aromatic heterocycles. The number of ketones is 1. The third-order valence-corrected chi connectivity index (χ3v) is 6.30. The lowest BCUT2D eigenvalue weighted by atomic mass is 10.00. The van der Waals surface area contributed by atoms with Crippen LogP contribution in [0.3, 0.4) is 0 Å². The monoisotopic (exact) mass is 412 g/mol. The fourth-order valence-electron chi connectivity index (χ4n) is 3.89. The van der Waals surface area contributed by atoms with Gasteiger partial charge in [-0.25, -0.2) is 0 Å². The number of Topliss-reactive ketones (excluding diaryl/α,β-unsaturated/α-hetero) is 1. The maximum absolute atomic E-state index is 12.9. The number of carbonyl (C=O) groups excluding carboxylic acids is 2. The molecule has 3 heterocycles. The van der Waals surface area contributed by atoms with Crippen LogP contribution in [-0.2, 0) is 14.3 Å². The molecule has 29 heavy (non-hydrogen) atoms. The number of hydrogen-bond acceptors (Lipinski definition) is 6. The number of thiophene rings is 1. The van der Waals surface area contributed by atoms with Crippen molar-refractivity contribution in [1.82, 2.24) is 9.80 Å². The van der Waals surface area contributed by atoms with Crippen LogP contribution in [-0.4, -0.2) is 66.0 Å². The molecule has 152 valence electrons. The molecular formula is C22H24N2O4S. The second-order valence-electron chi connectivity index (χ2n) is 7.18. The van der Waals surface area contributed by atoms with Crippen LogP contribution in [0.15, 0.2) is 53.4 Å². The maximum atomic E-state index is 12.9. The molecule has 2 aliphatic heterocycles. The van der Waals surface area contributed by atoms with E-state index < -0.39 is 17.7 Å². The fraction of sp³-hybridized carbons (Fsp3) is 0.364. The van der Waals surface area contributed by atoms with Gasteiger partial charge in [0.05, 0.1) is 24.8 Å². The smallest absolute Gasteiger partial charge is 0.295 e. The van der Waals surface area contributed by atoms with E-state index in [1.807, 2.05) is 23.6 Å². The van der Waals surface area contributed by atoms with Gasteiger partial charge in [-0.3, -0.25) is 14.5 Å². The Hall–Kier alpha value is -2.48. The summed E-state index contributed by atoms with van der Waals surface area (Å²) in [7, 11) is 0. The molecule has 0 radical (unpaired) electrons. The van der Waals surface area contributed by atoms with E-state index in [4.69, 9.17) is 4.74 Å². The predicted molar refractivity (Wildman–Crippen MR) is 112 cm³/mol. The lowest BCUT2D eigenvalue weighted by molar-refractivity contribution is -0.140. The quantitative estimate of drug-likeness (QED) is 0.449. The molecule has 0 bridgehead atoms. The Morgan fingerprint density at radius 3 is 2.52 bits per heavy atom. The van der Waals surface area contributed by atoms with Crippen molar-refractivity contribution in [3.8, 4) is 0 Å². The molecule has 1 N–H and O–H groups in total. The van der Waals surface area contributed by atoms with E-state index in [0.717, 1.165) is 44.1 Å². The fourth-order valence-corrected chi connectivity index (χ4v) is 4.74. The van der Waals surface area contributed by atoms with Crippen molar-refractivity contribution in [3.63, 3.8) is 0 Å². The highest BCUT2D eigenvalue weighted by Gasteiger charge is 2.46. The summed E-state index contributed by atoms with van der Waals surface area (Å²) in [4.78, 5) is 30.5. The van der Waals surface area contributed by atoms with Crippen molar-refractivity contribution < 1.29 is 19.4 Å².